The summed E-state index contributed by atoms with van der Waals surface area (Å²) in [6.07, 6.45) is 0. The molecule has 5 heteroatoms. The minimum absolute atomic E-state index is 0.204. The first-order chi connectivity index (χ1) is 7.58. The molecule has 1 atom stereocenters. The highest BCUT2D eigenvalue weighted by Crippen LogP contribution is 2.28. The summed E-state index contributed by atoms with van der Waals surface area (Å²) in [5.41, 5.74) is 8.10. The molecule has 84 valence electrons. The van der Waals surface area contributed by atoms with Gasteiger partial charge in [-0.25, -0.2) is 4.98 Å². The van der Waals surface area contributed by atoms with Crippen LogP contribution in [0.5, 0.6) is 0 Å². The second kappa shape index (κ2) is 4.84. The zero-order valence-corrected chi connectivity index (χ0v) is 11.7. The van der Waals surface area contributed by atoms with Gasteiger partial charge >= 0.3 is 0 Å². The molecule has 2 N–H and O–H groups in total. The molecule has 0 aliphatic rings. The van der Waals surface area contributed by atoms with Crippen molar-refractivity contribution in [2.75, 3.05) is 0 Å². The van der Waals surface area contributed by atoms with E-state index in [1.807, 2.05) is 30.5 Å². The number of thiazole rings is 1. The summed E-state index contributed by atoms with van der Waals surface area (Å²) < 4.78 is 0.875. The van der Waals surface area contributed by atoms with E-state index in [4.69, 9.17) is 17.3 Å². The van der Waals surface area contributed by atoms with Gasteiger partial charge in [0.05, 0.1) is 11.1 Å². The summed E-state index contributed by atoms with van der Waals surface area (Å²) in [6, 6.07) is 5.52. The average Bonchev–Trinajstić information content (AvgIpc) is 2.68. The standard InChI is InChI=1S/C11H10BrClN2S/c1-6-5-16-11(15-6)10(14)7-2-3-8(12)9(13)4-7/h2-5,10H,14H2,1H3. The molecule has 0 radical (unpaired) electrons. The van der Waals surface area contributed by atoms with Gasteiger partial charge in [0.25, 0.3) is 0 Å². The molecule has 2 rings (SSSR count). The largest absolute Gasteiger partial charge is 0.318 e. The summed E-state index contributed by atoms with van der Waals surface area (Å²) in [4.78, 5) is 4.38. The summed E-state index contributed by atoms with van der Waals surface area (Å²) in [5, 5.41) is 3.58. The lowest BCUT2D eigenvalue weighted by Crippen LogP contribution is -2.11. The lowest BCUT2D eigenvalue weighted by molar-refractivity contribution is 0.852. The molecule has 1 unspecified atom stereocenters. The molecule has 0 saturated heterocycles. The molecule has 1 aromatic heterocycles. The molecule has 1 aromatic carbocycles. The fraction of sp³-hybridized carbons (Fsp3) is 0.182. The van der Waals surface area contributed by atoms with Gasteiger partial charge in [-0.05, 0) is 40.5 Å². The molecule has 0 aliphatic heterocycles. The van der Waals surface area contributed by atoms with Crippen LogP contribution in [-0.4, -0.2) is 4.98 Å². The van der Waals surface area contributed by atoms with Crippen molar-refractivity contribution in [3.05, 3.63) is 49.3 Å². The lowest BCUT2D eigenvalue weighted by atomic mass is 10.1. The van der Waals surface area contributed by atoms with Crippen molar-refractivity contribution < 1.29 is 0 Å². The van der Waals surface area contributed by atoms with E-state index in [9.17, 15) is 0 Å². The summed E-state index contributed by atoms with van der Waals surface area (Å²) in [6.45, 7) is 1.96. The predicted molar refractivity (Wildman–Crippen MR) is 72.0 cm³/mol. The van der Waals surface area contributed by atoms with Gasteiger partial charge in [0.2, 0.25) is 0 Å². The van der Waals surface area contributed by atoms with E-state index < -0.39 is 0 Å². The van der Waals surface area contributed by atoms with Crippen molar-refractivity contribution in [2.24, 2.45) is 5.73 Å². The number of nitrogens with two attached hydrogens (primary N) is 1. The van der Waals surface area contributed by atoms with Crippen molar-refractivity contribution in [2.45, 2.75) is 13.0 Å². The molecule has 2 nitrogen and oxygen atoms in total. The maximum Gasteiger partial charge on any atom is 0.114 e. The molecule has 0 saturated carbocycles. The second-order valence-corrected chi connectivity index (χ2v) is 5.63. The minimum atomic E-state index is -0.204. The Morgan fingerprint density at radius 3 is 2.81 bits per heavy atom. The zero-order valence-electron chi connectivity index (χ0n) is 8.58. The molecule has 16 heavy (non-hydrogen) atoms. The van der Waals surface area contributed by atoms with Crippen molar-refractivity contribution >= 4 is 38.9 Å². The van der Waals surface area contributed by atoms with E-state index in [-0.39, 0.29) is 6.04 Å². The summed E-state index contributed by atoms with van der Waals surface area (Å²) in [5.74, 6) is 0. The highest BCUT2D eigenvalue weighted by Gasteiger charge is 2.13. The van der Waals surface area contributed by atoms with Gasteiger partial charge in [-0.2, -0.15) is 0 Å². The van der Waals surface area contributed by atoms with Gasteiger partial charge in [0.1, 0.15) is 5.01 Å². The van der Waals surface area contributed by atoms with Crippen LogP contribution in [0.25, 0.3) is 0 Å². The van der Waals surface area contributed by atoms with Crippen molar-refractivity contribution in [1.82, 2.24) is 4.98 Å². The molecular weight excluding hydrogens is 308 g/mol. The monoisotopic (exact) mass is 316 g/mol. The zero-order chi connectivity index (χ0) is 11.7. The Labute approximate surface area is 112 Å². The average molecular weight is 318 g/mol. The number of halogens is 2. The Hall–Kier alpha value is -0.420. The first-order valence-electron chi connectivity index (χ1n) is 4.70. The smallest absolute Gasteiger partial charge is 0.114 e. The first-order valence-corrected chi connectivity index (χ1v) is 6.75. The van der Waals surface area contributed by atoms with Gasteiger partial charge in [0.15, 0.2) is 0 Å². The van der Waals surface area contributed by atoms with Crippen LogP contribution in [0.4, 0.5) is 0 Å². The van der Waals surface area contributed by atoms with Crippen LogP contribution >= 0.6 is 38.9 Å². The highest BCUT2D eigenvalue weighted by atomic mass is 79.9. The van der Waals surface area contributed by atoms with Crippen molar-refractivity contribution in [1.29, 1.82) is 0 Å². The SMILES string of the molecule is Cc1csc(C(N)c2ccc(Br)c(Cl)c2)n1. The van der Waals surface area contributed by atoms with E-state index >= 15 is 0 Å². The summed E-state index contributed by atoms with van der Waals surface area (Å²) >= 11 is 11.0. The van der Waals surface area contributed by atoms with E-state index in [0.29, 0.717) is 5.02 Å². The molecule has 0 bridgehead atoms. The second-order valence-electron chi connectivity index (χ2n) is 3.48. The van der Waals surface area contributed by atoms with Crippen LogP contribution in [-0.2, 0) is 0 Å². The van der Waals surface area contributed by atoms with Crippen molar-refractivity contribution in [3.8, 4) is 0 Å². The Balaban J connectivity index is 2.33. The normalized spacial score (nSPS) is 12.8. The van der Waals surface area contributed by atoms with E-state index in [2.05, 4.69) is 20.9 Å². The first kappa shape index (κ1) is 12.0. The minimum Gasteiger partial charge on any atom is -0.318 e. The fourth-order valence-electron chi connectivity index (χ4n) is 1.36. The maximum atomic E-state index is 6.12. The van der Waals surface area contributed by atoms with Crippen LogP contribution in [0.3, 0.4) is 0 Å². The van der Waals surface area contributed by atoms with Crippen molar-refractivity contribution in [3.63, 3.8) is 0 Å². The number of nitrogens with zero attached hydrogens (tertiary/aromatic N) is 1. The molecule has 2 aromatic rings. The Morgan fingerprint density at radius 1 is 1.50 bits per heavy atom. The quantitative estimate of drug-likeness (QED) is 0.912. The predicted octanol–water partition coefficient (Wildman–Crippen LogP) is 3.92. The fourth-order valence-corrected chi connectivity index (χ4v) is 2.62. The van der Waals surface area contributed by atoms with Gasteiger partial charge in [-0.1, -0.05) is 17.7 Å². The molecule has 0 fully saturated rings. The van der Waals surface area contributed by atoms with Gasteiger partial charge < -0.3 is 5.73 Å². The number of rotatable bonds is 2. The lowest BCUT2D eigenvalue weighted by Gasteiger charge is -2.09. The maximum absolute atomic E-state index is 6.12. The third-order valence-corrected chi connectivity index (χ3v) is 4.48. The number of aromatic nitrogens is 1. The van der Waals surface area contributed by atoms with Crippen LogP contribution in [0.15, 0.2) is 28.1 Å². The van der Waals surface area contributed by atoms with Crippen LogP contribution in [0, 0.1) is 6.92 Å². The van der Waals surface area contributed by atoms with Crippen LogP contribution in [0.1, 0.15) is 22.3 Å². The van der Waals surface area contributed by atoms with Gasteiger partial charge in [-0.15, -0.1) is 11.3 Å². The van der Waals surface area contributed by atoms with Crippen LogP contribution in [0.2, 0.25) is 5.02 Å². The third kappa shape index (κ3) is 2.46. The third-order valence-electron chi connectivity index (χ3n) is 2.21. The topological polar surface area (TPSA) is 38.9 Å². The van der Waals surface area contributed by atoms with Crippen LogP contribution < -0.4 is 5.73 Å². The Kier molecular flexibility index (Phi) is 3.64. The Bertz CT molecular complexity index is 512. The number of hydrogen-bond donors (Lipinski definition) is 1. The molecule has 1 heterocycles. The molecular formula is C11H10BrClN2S. The molecule has 0 spiro atoms. The molecule has 0 aliphatic carbocycles. The van der Waals surface area contributed by atoms with Gasteiger partial charge in [0, 0.05) is 15.5 Å². The van der Waals surface area contributed by atoms with E-state index in [1.54, 1.807) is 11.3 Å². The Morgan fingerprint density at radius 2 is 2.25 bits per heavy atom. The van der Waals surface area contributed by atoms with E-state index in [0.717, 1.165) is 20.7 Å². The number of benzene rings is 1. The summed E-state index contributed by atoms with van der Waals surface area (Å²) in [7, 11) is 0. The number of hydrogen-bond acceptors (Lipinski definition) is 3. The highest BCUT2D eigenvalue weighted by molar-refractivity contribution is 9.10. The number of aryl methyl sites for hydroxylation is 1. The van der Waals surface area contributed by atoms with E-state index in [1.165, 1.54) is 0 Å². The van der Waals surface area contributed by atoms with Gasteiger partial charge in [-0.3, -0.25) is 0 Å². The molecule has 0 amide bonds.